The molecule has 0 aliphatic heterocycles. The summed E-state index contributed by atoms with van der Waals surface area (Å²) in [7, 11) is -1.77. The van der Waals surface area contributed by atoms with Crippen LogP contribution in [0.15, 0.2) is 49.1 Å². The van der Waals surface area contributed by atoms with Gasteiger partial charge in [-0.2, -0.15) is 5.10 Å². The molecule has 0 fully saturated rings. The molecule has 4 rings (SSSR count). The van der Waals surface area contributed by atoms with Crippen LogP contribution in [0.2, 0.25) is 0 Å². The molecule has 3 heterocycles. The van der Waals surface area contributed by atoms with E-state index in [-0.39, 0.29) is 22.6 Å². The minimum atomic E-state index is -3.57. The van der Waals surface area contributed by atoms with Crippen molar-refractivity contribution in [2.45, 2.75) is 13.3 Å². The highest BCUT2D eigenvalue weighted by Gasteiger charge is 2.20. The van der Waals surface area contributed by atoms with Crippen LogP contribution in [-0.4, -0.2) is 39.7 Å². The maximum absolute atomic E-state index is 14.5. The first-order valence-electron chi connectivity index (χ1n) is 9.58. The highest BCUT2D eigenvalue weighted by Crippen LogP contribution is 2.27. The van der Waals surface area contributed by atoms with Gasteiger partial charge >= 0.3 is 0 Å². The van der Waals surface area contributed by atoms with Gasteiger partial charge in [-0.15, -0.1) is 0 Å². The van der Waals surface area contributed by atoms with Crippen molar-refractivity contribution in [1.29, 1.82) is 0 Å². The van der Waals surface area contributed by atoms with E-state index >= 15 is 0 Å². The van der Waals surface area contributed by atoms with Crippen molar-refractivity contribution in [3.8, 4) is 11.1 Å². The molecule has 0 aliphatic carbocycles. The zero-order valence-electron chi connectivity index (χ0n) is 16.9. The Balaban J connectivity index is 1.73. The van der Waals surface area contributed by atoms with Gasteiger partial charge in [0, 0.05) is 53.4 Å². The zero-order valence-corrected chi connectivity index (χ0v) is 17.7. The molecule has 3 aromatic heterocycles. The molecule has 1 aromatic carbocycles. The SMILES string of the molecule is CCCS(=O)(=O)Nc1ccc(F)c(C(=O)c2c[nH]c3ncc(-c4cnn(C)c4)cc23)c1. The average molecular weight is 441 g/mol. The molecule has 0 aliphatic rings. The summed E-state index contributed by atoms with van der Waals surface area (Å²) >= 11 is 0. The Morgan fingerprint density at radius 2 is 2.00 bits per heavy atom. The fraction of sp³-hybridized carbons (Fsp3) is 0.190. The molecule has 10 heteroatoms. The number of nitrogens with zero attached hydrogens (tertiary/aromatic N) is 3. The van der Waals surface area contributed by atoms with Gasteiger partial charge in [0.15, 0.2) is 5.78 Å². The molecule has 0 atom stereocenters. The van der Waals surface area contributed by atoms with Crippen LogP contribution in [0, 0.1) is 5.82 Å². The summed E-state index contributed by atoms with van der Waals surface area (Å²) in [6.07, 6.45) is 7.07. The molecule has 0 saturated carbocycles. The number of hydrogen-bond donors (Lipinski definition) is 2. The molecule has 0 bridgehead atoms. The largest absolute Gasteiger partial charge is 0.345 e. The summed E-state index contributed by atoms with van der Waals surface area (Å²) in [6, 6.07) is 5.36. The predicted octanol–water partition coefficient (Wildman–Crippen LogP) is 3.49. The molecule has 31 heavy (non-hydrogen) atoms. The number of aryl methyl sites for hydroxylation is 1. The van der Waals surface area contributed by atoms with Crippen LogP contribution in [0.5, 0.6) is 0 Å². The van der Waals surface area contributed by atoms with Gasteiger partial charge in [0.05, 0.1) is 17.5 Å². The summed E-state index contributed by atoms with van der Waals surface area (Å²) in [4.78, 5) is 20.4. The van der Waals surface area contributed by atoms with Crippen LogP contribution in [-0.2, 0) is 17.1 Å². The summed E-state index contributed by atoms with van der Waals surface area (Å²) in [5.74, 6) is -1.39. The normalized spacial score (nSPS) is 11.7. The van der Waals surface area contributed by atoms with Crippen molar-refractivity contribution in [3.63, 3.8) is 0 Å². The Morgan fingerprint density at radius 1 is 1.19 bits per heavy atom. The van der Waals surface area contributed by atoms with Gasteiger partial charge in [0.25, 0.3) is 0 Å². The molecule has 2 N–H and O–H groups in total. The summed E-state index contributed by atoms with van der Waals surface area (Å²) in [5, 5.41) is 4.67. The average Bonchev–Trinajstić information content (AvgIpc) is 3.34. The first-order valence-corrected chi connectivity index (χ1v) is 11.2. The molecule has 0 saturated heterocycles. The third kappa shape index (κ3) is 4.19. The lowest BCUT2D eigenvalue weighted by atomic mass is 10.0. The Bertz CT molecular complexity index is 1390. The molecular weight excluding hydrogens is 421 g/mol. The number of hydrogen-bond acceptors (Lipinski definition) is 5. The number of aromatic amines is 1. The predicted molar refractivity (Wildman–Crippen MR) is 116 cm³/mol. The number of fused-ring (bicyclic) bond motifs is 1. The molecule has 0 spiro atoms. The van der Waals surface area contributed by atoms with Crippen molar-refractivity contribution in [1.82, 2.24) is 19.7 Å². The van der Waals surface area contributed by atoms with Crippen LogP contribution < -0.4 is 4.72 Å². The molecule has 0 radical (unpaired) electrons. The number of aromatic nitrogens is 4. The lowest BCUT2D eigenvalue weighted by Crippen LogP contribution is -2.16. The first kappa shape index (κ1) is 20.7. The minimum Gasteiger partial charge on any atom is -0.345 e. The van der Waals surface area contributed by atoms with Gasteiger partial charge in [-0.25, -0.2) is 17.8 Å². The summed E-state index contributed by atoms with van der Waals surface area (Å²) < 4.78 is 42.6. The van der Waals surface area contributed by atoms with Gasteiger partial charge < -0.3 is 4.98 Å². The van der Waals surface area contributed by atoms with Crippen LogP contribution in [0.25, 0.3) is 22.2 Å². The van der Waals surface area contributed by atoms with Crippen molar-refractivity contribution < 1.29 is 17.6 Å². The molecule has 160 valence electrons. The highest BCUT2D eigenvalue weighted by molar-refractivity contribution is 7.92. The second kappa shape index (κ2) is 7.95. The molecule has 0 unspecified atom stereocenters. The van der Waals surface area contributed by atoms with Crippen molar-refractivity contribution >= 4 is 32.5 Å². The van der Waals surface area contributed by atoms with Crippen LogP contribution in [0.4, 0.5) is 10.1 Å². The summed E-state index contributed by atoms with van der Waals surface area (Å²) in [6.45, 7) is 1.74. The van der Waals surface area contributed by atoms with Crippen molar-refractivity contribution in [3.05, 3.63) is 66.0 Å². The Morgan fingerprint density at radius 3 is 2.71 bits per heavy atom. The van der Waals surface area contributed by atoms with Gasteiger partial charge in [-0.05, 0) is 30.7 Å². The minimum absolute atomic E-state index is 0.0705. The number of carbonyl (C=O) groups excluding carboxylic acids is 1. The lowest BCUT2D eigenvalue weighted by Gasteiger charge is -2.09. The maximum Gasteiger partial charge on any atom is 0.232 e. The van der Waals surface area contributed by atoms with E-state index in [9.17, 15) is 17.6 Å². The van der Waals surface area contributed by atoms with Gasteiger partial charge in [0.2, 0.25) is 10.0 Å². The van der Waals surface area contributed by atoms with E-state index in [1.807, 2.05) is 6.20 Å². The standard InChI is InChI=1S/C21H20FN5O3S/c1-3-6-31(29,30)26-15-4-5-19(22)17(8-15)20(28)18-11-24-21-16(18)7-13(9-23-21)14-10-25-27(2)12-14/h4-5,7-12,26H,3,6H2,1-2H3,(H,23,24). The van der Waals surface area contributed by atoms with Gasteiger partial charge in [-0.3, -0.25) is 14.2 Å². The monoisotopic (exact) mass is 441 g/mol. The van der Waals surface area contributed by atoms with E-state index in [1.165, 1.54) is 18.3 Å². The molecule has 8 nitrogen and oxygen atoms in total. The number of benzene rings is 1. The van der Waals surface area contributed by atoms with Gasteiger partial charge in [0.1, 0.15) is 11.5 Å². The number of carbonyl (C=O) groups is 1. The number of sulfonamides is 1. The van der Waals surface area contributed by atoms with Crippen LogP contribution in [0.3, 0.4) is 0 Å². The topological polar surface area (TPSA) is 110 Å². The van der Waals surface area contributed by atoms with E-state index in [0.717, 1.165) is 17.2 Å². The quantitative estimate of drug-likeness (QED) is 0.427. The highest BCUT2D eigenvalue weighted by atomic mass is 32.2. The fourth-order valence-corrected chi connectivity index (χ4v) is 4.45. The first-order chi connectivity index (χ1) is 14.8. The Labute approximate surface area is 178 Å². The van der Waals surface area contributed by atoms with Crippen molar-refractivity contribution in [2.75, 3.05) is 10.5 Å². The second-order valence-electron chi connectivity index (χ2n) is 7.17. The van der Waals surface area contributed by atoms with Gasteiger partial charge in [-0.1, -0.05) is 6.92 Å². The number of halogens is 1. The summed E-state index contributed by atoms with van der Waals surface area (Å²) in [5.41, 5.74) is 2.21. The Kier molecular flexibility index (Phi) is 5.32. The van der Waals surface area contributed by atoms with Crippen LogP contribution >= 0.6 is 0 Å². The zero-order chi connectivity index (χ0) is 22.2. The van der Waals surface area contributed by atoms with E-state index in [1.54, 1.807) is 37.1 Å². The van der Waals surface area contributed by atoms with E-state index in [2.05, 4.69) is 19.8 Å². The van der Waals surface area contributed by atoms with Crippen molar-refractivity contribution in [2.24, 2.45) is 7.05 Å². The molecular formula is C21H20FN5O3S. The lowest BCUT2D eigenvalue weighted by molar-refractivity contribution is 0.103. The fourth-order valence-electron chi connectivity index (χ4n) is 3.33. The number of H-pyrrole nitrogens is 1. The maximum atomic E-state index is 14.5. The smallest absolute Gasteiger partial charge is 0.232 e. The number of ketones is 1. The van der Waals surface area contributed by atoms with E-state index in [4.69, 9.17) is 0 Å². The molecule has 0 amide bonds. The second-order valence-corrected chi connectivity index (χ2v) is 9.01. The van der Waals surface area contributed by atoms with E-state index in [0.29, 0.717) is 17.5 Å². The number of anilines is 1. The molecule has 4 aromatic rings. The number of pyridine rings is 1. The van der Waals surface area contributed by atoms with E-state index < -0.39 is 21.6 Å². The third-order valence-corrected chi connectivity index (χ3v) is 6.26. The Hall–Kier alpha value is -3.53. The number of rotatable bonds is 7. The number of nitrogens with one attached hydrogen (secondary N) is 2. The van der Waals surface area contributed by atoms with Crippen LogP contribution in [0.1, 0.15) is 29.3 Å². The third-order valence-electron chi connectivity index (χ3n) is 4.77.